The number of esters is 1. The van der Waals surface area contributed by atoms with Crippen molar-refractivity contribution in [2.75, 3.05) is 0 Å². The van der Waals surface area contributed by atoms with Crippen LogP contribution < -0.4 is 4.74 Å². The summed E-state index contributed by atoms with van der Waals surface area (Å²) in [4.78, 5) is 12.7. The Labute approximate surface area is 175 Å². The Morgan fingerprint density at radius 1 is 0.913 bits per heavy atom. The van der Waals surface area contributed by atoms with Crippen LogP contribution in [0.1, 0.15) is 15.9 Å². The third-order valence-corrected chi connectivity index (χ3v) is 7.55. The van der Waals surface area contributed by atoms with Gasteiger partial charge in [0.1, 0.15) is 5.75 Å². The number of hydrogen-bond donors (Lipinski definition) is 0. The molecule has 0 fully saturated rings. The molecule has 0 unspecified atom stereocenters. The zero-order valence-corrected chi connectivity index (χ0v) is 18.5. The molecule has 116 valence electrons. The molecule has 0 saturated heterocycles. The molecule has 23 heavy (non-hydrogen) atoms. The maximum atomic E-state index is 12.7. The molecule has 0 aromatic heterocycles. The third-order valence-electron chi connectivity index (χ3n) is 3.60. The fraction of sp³-hybridized carbons (Fsp3) is 0.0556. The van der Waals surface area contributed by atoms with Gasteiger partial charge in [-0.05, 0) is 109 Å². The van der Waals surface area contributed by atoms with Gasteiger partial charge in [-0.3, -0.25) is 0 Å². The Bertz CT molecular complexity index is 920. The molecular weight excluding hydrogens is 629 g/mol. The molecule has 0 spiro atoms. The van der Waals surface area contributed by atoms with E-state index in [1.165, 1.54) is 0 Å². The van der Waals surface area contributed by atoms with Crippen molar-refractivity contribution in [2.24, 2.45) is 0 Å². The molecule has 0 aliphatic rings. The largest absolute Gasteiger partial charge is 0.423 e. The Hall–Kier alpha value is -0.420. The lowest BCUT2D eigenvalue weighted by Crippen LogP contribution is -2.13. The summed E-state index contributed by atoms with van der Waals surface area (Å²) in [5.41, 5.74) is 1.61. The van der Waals surface area contributed by atoms with Crippen molar-refractivity contribution in [3.8, 4) is 5.75 Å². The summed E-state index contributed by atoms with van der Waals surface area (Å²) >= 11 is 6.60. The van der Waals surface area contributed by atoms with Crippen LogP contribution in [0.3, 0.4) is 0 Å². The standard InChI is InChI=1S/C18H11I3O2/c1-10-12-5-3-2-4-11(12)6-9-15(10)23-18(22)16-13(19)7-8-14(20)17(16)21/h2-9H,1H3. The minimum absolute atomic E-state index is 0.310. The summed E-state index contributed by atoms with van der Waals surface area (Å²) in [6.45, 7) is 1.98. The van der Waals surface area contributed by atoms with Crippen molar-refractivity contribution in [3.63, 3.8) is 0 Å². The number of ether oxygens (including phenoxy) is 1. The average Bonchev–Trinajstić information content (AvgIpc) is 2.54. The van der Waals surface area contributed by atoms with Crippen LogP contribution in [0.15, 0.2) is 48.5 Å². The van der Waals surface area contributed by atoms with E-state index < -0.39 is 0 Å². The van der Waals surface area contributed by atoms with Gasteiger partial charge in [-0.1, -0.05) is 30.3 Å². The van der Waals surface area contributed by atoms with Gasteiger partial charge in [0.2, 0.25) is 0 Å². The van der Waals surface area contributed by atoms with Gasteiger partial charge >= 0.3 is 5.97 Å². The molecule has 0 heterocycles. The van der Waals surface area contributed by atoms with Gasteiger partial charge in [0, 0.05) is 10.7 Å². The second-order valence-corrected chi connectivity index (χ2v) is 8.42. The minimum atomic E-state index is -0.310. The Morgan fingerprint density at radius 2 is 1.61 bits per heavy atom. The Kier molecular flexibility index (Phi) is 5.46. The van der Waals surface area contributed by atoms with E-state index in [0.717, 1.165) is 27.0 Å². The second-order valence-electron chi connectivity index (χ2n) is 5.02. The lowest BCUT2D eigenvalue weighted by Gasteiger charge is -2.12. The highest BCUT2D eigenvalue weighted by molar-refractivity contribution is 14.1. The van der Waals surface area contributed by atoms with Gasteiger partial charge in [-0.15, -0.1) is 0 Å². The normalized spacial score (nSPS) is 10.8. The molecule has 0 aliphatic heterocycles. The van der Waals surface area contributed by atoms with Gasteiger partial charge in [0.25, 0.3) is 0 Å². The average molecular weight is 640 g/mol. The van der Waals surface area contributed by atoms with Gasteiger partial charge < -0.3 is 4.74 Å². The highest BCUT2D eigenvalue weighted by Gasteiger charge is 2.19. The van der Waals surface area contributed by atoms with E-state index in [1.54, 1.807) is 0 Å². The van der Waals surface area contributed by atoms with Crippen LogP contribution in [0.5, 0.6) is 5.75 Å². The minimum Gasteiger partial charge on any atom is -0.423 e. The summed E-state index contributed by atoms with van der Waals surface area (Å²) in [6, 6.07) is 15.9. The van der Waals surface area contributed by atoms with Crippen molar-refractivity contribution in [2.45, 2.75) is 6.92 Å². The molecule has 0 amide bonds. The van der Waals surface area contributed by atoms with E-state index in [2.05, 4.69) is 73.8 Å². The smallest absolute Gasteiger partial charge is 0.345 e. The van der Waals surface area contributed by atoms with E-state index in [1.807, 2.05) is 49.4 Å². The van der Waals surface area contributed by atoms with Crippen LogP contribution in [-0.2, 0) is 0 Å². The molecule has 0 radical (unpaired) electrons. The first kappa shape index (κ1) is 17.4. The molecule has 3 rings (SSSR count). The van der Waals surface area contributed by atoms with Gasteiger partial charge in [-0.2, -0.15) is 0 Å². The number of carbonyl (C=O) groups excluding carboxylic acids is 1. The number of carbonyl (C=O) groups is 1. The fourth-order valence-electron chi connectivity index (χ4n) is 2.38. The number of aryl methyl sites for hydroxylation is 1. The van der Waals surface area contributed by atoms with Crippen molar-refractivity contribution in [1.29, 1.82) is 0 Å². The van der Waals surface area contributed by atoms with E-state index >= 15 is 0 Å². The van der Waals surface area contributed by atoms with Gasteiger partial charge in [0.05, 0.1) is 5.56 Å². The van der Waals surface area contributed by atoms with E-state index in [-0.39, 0.29) is 5.97 Å². The van der Waals surface area contributed by atoms with Crippen molar-refractivity contribution in [3.05, 3.63) is 70.4 Å². The summed E-state index contributed by atoms with van der Waals surface area (Å²) < 4.78 is 8.58. The fourth-order valence-corrected chi connectivity index (χ4v) is 4.71. The molecule has 0 N–H and O–H groups in total. The zero-order valence-electron chi connectivity index (χ0n) is 12.1. The number of rotatable bonds is 2. The van der Waals surface area contributed by atoms with Gasteiger partial charge in [-0.25, -0.2) is 4.79 Å². The van der Waals surface area contributed by atoms with E-state index in [4.69, 9.17) is 4.74 Å². The Morgan fingerprint density at radius 3 is 2.39 bits per heavy atom. The van der Waals surface area contributed by atoms with Crippen LogP contribution in [-0.4, -0.2) is 5.97 Å². The molecule has 3 aromatic carbocycles. The SMILES string of the molecule is Cc1c(OC(=O)c2c(I)ccc(I)c2I)ccc2ccccc12. The topological polar surface area (TPSA) is 26.3 Å². The highest BCUT2D eigenvalue weighted by Crippen LogP contribution is 2.30. The van der Waals surface area contributed by atoms with Crippen LogP contribution in [0.4, 0.5) is 0 Å². The summed E-state index contributed by atoms with van der Waals surface area (Å²) in [6.07, 6.45) is 0. The van der Waals surface area contributed by atoms with Crippen LogP contribution in [0.2, 0.25) is 0 Å². The van der Waals surface area contributed by atoms with Crippen molar-refractivity contribution < 1.29 is 9.53 Å². The zero-order chi connectivity index (χ0) is 16.6. The lowest BCUT2D eigenvalue weighted by atomic mass is 10.0. The number of benzene rings is 3. The van der Waals surface area contributed by atoms with Crippen LogP contribution >= 0.6 is 67.8 Å². The first-order valence-electron chi connectivity index (χ1n) is 6.83. The Balaban J connectivity index is 2.01. The molecular formula is C18H11I3O2. The predicted octanol–water partition coefficient (Wildman–Crippen LogP) is 6.18. The summed E-state index contributed by atoms with van der Waals surface area (Å²) in [7, 11) is 0. The van der Waals surface area contributed by atoms with Crippen LogP contribution in [0, 0.1) is 17.6 Å². The third kappa shape index (κ3) is 3.51. The van der Waals surface area contributed by atoms with E-state index in [9.17, 15) is 4.79 Å². The maximum absolute atomic E-state index is 12.7. The van der Waals surface area contributed by atoms with Gasteiger partial charge in [0.15, 0.2) is 0 Å². The first-order chi connectivity index (χ1) is 11.0. The van der Waals surface area contributed by atoms with E-state index in [0.29, 0.717) is 11.3 Å². The molecule has 0 atom stereocenters. The number of fused-ring (bicyclic) bond motifs is 1. The quantitative estimate of drug-likeness (QED) is 0.145. The maximum Gasteiger partial charge on any atom is 0.345 e. The molecule has 0 saturated carbocycles. The summed E-state index contributed by atoms with van der Waals surface area (Å²) in [5.74, 6) is 0.301. The molecule has 3 aromatic rings. The number of halogens is 3. The first-order valence-corrected chi connectivity index (χ1v) is 10.1. The highest BCUT2D eigenvalue weighted by atomic mass is 127. The van der Waals surface area contributed by atoms with Crippen molar-refractivity contribution >= 4 is 84.5 Å². The molecule has 0 aliphatic carbocycles. The molecule has 0 bridgehead atoms. The molecule has 2 nitrogen and oxygen atoms in total. The second kappa shape index (κ2) is 7.22. The predicted molar refractivity (Wildman–Crippen MR) is 118 cm³/mol. The number of hydrogen-bond acceptors (Lipinski definition) is 2. The monoisotopic (exact) mass is 640 g/mol. The molecule has 5 heteroatoms. The van der Waals surface area contributed by atoms with Crippen LogP contribution in [0.25, 0.3) is 10.8 Å². The summed E-state index contributed by atoms with van der Waals surface area (Å²) in [5, 5.41) is 2.24. The van der Waals surface area contributed by atoms with Crippen molar-refractivity contribution in [1.82, 2.24) is 0 Å². The lowest BCUT2D eigenvalue weighted by molar-refractivity contribution is 0.0731.